The number of fused-ring (bicyclic) bond motifs is 3. The van der Waals surface area contributed by atoms with Gasteiger partial charge in [0.2, 0.25) is 0 Å². The zero-order valence-corrected chi connectivity index (χ0v) is 11.0. The first kappa shape index (κ1) is 12.0. The lowest BCUT2D eigenvalue weighted by atomic mass is 10.2. The van der Waals surface area contributed by atoms with Crippen molar-refractivity contribution in [1.29, 1.82) is 0 Å². The molecule has 0 bridgehead atoms. The Morgan fingerprint density at radius 2 is 2.11 bits per heavy atom. The van der Waals surface area contributed by atoms with Gasteiger partial charge in [-0.15, -0.1) is 0 Å². The fourth-order valence-corrected chi connectivity index (χ4v) is 2.43. The summed E-state index contributed by atoms with van der Waals surface area (Å²) < 4.78 is 1.70. The van der Waals surface area contributed by atoms with Crippen LogP contribution in [0.4, 0.5) is 0 Å². The number of hydrogen-bond acceptors (Lipinski definition) is 2. The van der Waals surface area contributed by atoms with Crippen LogP contribution in [0.2, 0.25) is 0 Å². The number of rotatable bonds is 4. The van der Waals surface area contributed by atoms with Crippen molar-refractivity contribution in [1.82, 2.24) is 14.5 Å². The number of para-hydroxylation sites is 1. The maximum Gasteiger partial charge on any atom is 0.277 e. The summed E-state index contributed by atoms with van der Waals surface area (Å²) in [6.07, 6.45) is 4.97. The molecule has 2 heterocycles. The van der Waals surface area contributed by atoms with E-state index in [4.69, 9.17) is 0 Å². The molecule has 0 spiro atoms. The van der Waals surface area contributed by atoms with Crippen molar-refractivity contribution in [3.8, 4) is 0 Å². The van der Waals surface area contributed by atoms with Crippen LogP contribution in [-0.4, -0.2) is 14.5 Å². The number of aromatic nitrogens is 3. The van der Waals surface area contributed by atoms with E-state index in [0.717, 1.165) is 42.2 Å². The molecule has 0 saturated heterocycles. The van der Waals surface area contributed by atoms with E-state index in [-0.39, 0.29) is 5.56 Å². The van der Waals surface area contributed by atoms with Gasteiger partial charge in [-0.1, -0.05) is 38.0 Å². The number of aromatic amines is 1. The molecule has 1 aromatic carbocycles. The van der Waals surface area contributed by atoms with Crippen LogP contribution in [0.1, 0.15) is 26.2 Å². The Hall–Kier alpha value is -2.10. The largest absolute Gasteiger partial charge is 0.349 e. The normalized spacial score (nSPS) is 11.4. The first-order valence-corrected chi connectivity index (χ1v) is 6.77. The maximum absolute atomic E-state index is 12.4. The Morgan fingerprint density at radius 1 is 1.26 bits per heavy atom. The van der Waals surface area contributed by atoms with E-state index in [1.165, 1.54) is 0 Å². The van der Waals surface area contributed by atoms with E-state index in [0.29, 0.717) is 5.52 Å². The highest BCUT2D eigenvalue weighted by molar-refractivity contribution is 6.04. The molecular weight excluding hydrogens is 238 g/mol. The fourth-order valence-electron chi connectivity index (χ4n) is 2.43. The molecule has 19 heavy (non-hydrogen) atoms. The third kappa shape index (κ3) is 2.03. The molecule has 4 nitrogen and oxygen atoms in total. The first-order valence-electron chi connectivity index (χ1n) is 6.77. The molecule has 98 valence electrons. The zero-order valence-electron chi connectivity index (χ0n) is 11.0. The highest BCUT2D eigenvalue weighted by Gasteiger charge is 2.09. The number of hydrogen-bond donors (Lipinski definition) is 1. The van der Waals surface area contributed by atoms with Crippen LogP contribution in [0, 0.1) is 0 Å². The van der Waals surface area contributed by atoms with Crippen molar-refractivity contribution in [3.05, 3.63) is 40.9 Å². The first-order chi connectivity index (χ1) is 9.31. The fraction of sp³-hybridized carbons (Fsp3) is 0.333. The minimum absolute atomic E-state index is 0.0253. The smallest absolute Gasteiger partial charge is 0.277 e. The Kier molecular flexibility index (Phi) is 3.07. The van der Waals surface area contributed by atoms with Gasteiger partial charge >= 0.3 is 0 Å². The molecule has 0 saturated carbocycles. The summed E-state index contributed by atoms with van der Waals surface area (Å²) in [7, 11) is 0. The van der Waals surface area contributed by atoms with Gasteiger partial charge in [0.05, 0.1) is 6.33 Å². The van der Waals surface area contributed by atoms with Gasteiger partial charge in [-0.3, -0.25) is 9.36 Å². The highest BCUT2D eigenvalue weighted by atomic mass is 16.1. The van der Waals surface area contributed by atoms with Crippen molar-refractivity contribution in [2.45, 2.75) is 32.7 Å². The van der Waals surface area contributed by atoms with E-state index in [9.17, 15) is 4.79 Å². The molecule has 3 rings (SSSR count). The third-order valence-electron chi connectivity index (χ3n) is 3.48. The van der Waals surface area contributed by atoms with Crippen LogP contribution >= 0.6 is 0 Å². The average molecular weight is 255 g/mol. The van der Waals surface area contributed by atoms with Crippen molar-refractivity contribution >= 4 is 21.9 Å². The van der Waals surface area contributed by atoms with Crippen molar-refractivity contribution < 1.29 is 0 Å². The summed E-state index contributed by atoms with van der Waals surface area (Å²) >= 11 is 0. The van der Waals surface area contributed by atoms with E-state index in [1.807, 2.05) is 24.3 Å². The molecular formula is C15H17N3O. The van der Waals surface area contributed by atoms with Gasteiger partial charge in [-0.2, -0.15) is 0 Å². The van der Waals surface area contributed by atoms with Crippen molar-refractivity contribution in [2.75, 3.05) is 0 Å². The lowest BCUT2D eigenvalue weighted by molar-refractivity contribution is 0.583. The SMILES string of the molecule is CCCCCn1cnc2c([nH]c3ccccc32)c1=O. The van der Waals surface area contributed by atoms with E-state index < -0.39 is 0 Å². The van der Waals surface area contributed by atoms with Crippen molar-refractivity contribution in [3.63, 3.8) is 0 Å². The van der Waals surface area contributed by atoms with Crippen LogP contribution in [0.3, 0.4) is 0 Å². The number of benzene rings is 1. The third-order valence-corrected chi connectivity index (χ3v) is 3.48. The van der Waals surface area contributed by atoms with Crippen molar-refractivity contribution in [2.24, 2.45) is 0 Å². The minimum atomic E-state index is 0.0253. The van der Waals surface area contributed by atoms with Gasteiger partial charge in [0.15, 0.2) is 0 Å². The second-order valence-electron chi connectivity index (χ2n) is 4.84. The second kappa shape index (κ2) is 4.88. The molecule has 0 aliphatic heterocycles. The van der Waals surface area contributed by atoms with E-state index in [2.05, 4.69) is 16.9 Å². The highest BCUT2D eigenvalue weighted by Crippen LogP contribution is 2.20. The molecule has 0 amide bonds. The maximum atomic E-state index is 12.4. The quantitative estimate of drug-likeness (QED) is 0.728. The molecule has 0 atom stereocenters. The predicted octanol–water partition coefficient (Wildman–Crippen LogP) is 3.07. The molecule has 2 aromatic heterocycles. The minimum Gasteiger partial charge on any atom is -0.349 e. The number of unbranched alkanes of at least 4 members (excludes halogenated alkanes) is 2. The summed E-state index contributed by atoms with van der Waals surface area (Å²) in [6, 6.07) is 7.88. The number of H-pyrrole nitrogens is 1. The number of nitrogens with one attached hydrogen (secondary N) is 1. The predicted molar refractivity (Wildman–Crippen MR) is 77.4 cm³/mol. The van der Waals surface area contributed by atoms with Gasteiger partial charge in [-0.25, -0.2) is 4.98 Å². The summed E-state index contributed by atoms with van der Waals surface area (Å²) in [4.78, 5) is 20.0. The molecule has 0 fully saturated rings. The second-order valence-corrected chi connectivity index (χ2v) is 4.84. The molecule has 3 aromatic rings. The lowest BCUT2D eigenvalue weighted by Gasteiger charge is -2.03. The molecule has 0 aliphatic rings. The van der Waals surface area contributed by atoms with Gasteiger partial charge < -0.3 is 4.98 Å². The van der Waals surface area contributed by atoms with Gasteiger partial charge in [-0.05, 0) is 12.5 Å². The van der Waals surface area contributed by atoms with Crippen LogP contribution in [0.5, 0.6) is 0 Å². The summed E-state index contributed by atoms with van der Waals surface area (Å²) in [5.41, 5.74) is 2.37. The zero-order chi connectivity index (χ0) is 13.2. The molecule has 4 heteroatoms. The summed E-state index contributed by atoms with van der Waals surface area (Å²) in [5.74, 6) is 0. The number of nitrogens with zero attached hydrogens (tertiary/aromatic N) is 2. The standard InChI is InChI=1S/C15H17N3O/c1-2-3-6-9-18-10-16-13-11-7-4-5-8-12(11)17-14(13)15(18)19/h4-5,7-8,10,17H,2-3,6,9H2,1H3. The topological polar surface area (TPSA) is 50.7 Å². The monoisotopic (exact) mass is 255 g/mol. The van der Waals surface area contributed by atoms with Gasteiger partial charge in [0, 0.05) is 17.4 Å². The van der Waals surface area contributed by atoms with E-state index >= 15 is 0 Å². The molecule has 0 unspecified atom stereocenters. The Balaban J connectivity index is 2.11. The van der Waals surface area contributed by atoms with Crippen LogP contribution in [0.25, 0.3) is 21.9 Å². The Labute approximate surface area is 111 Å². The van der Waals surface area contributed by atoms with Crippen LogP contribution in [-0.2, 0) is 6.54 Å². The average Bonchev–Trinajstić information content (AvgIpc) is 2.81. The molecule has 0 radical (unpaired) electrons. The Bertz CT molecular complexity index is 770. The van der Waals surface area contributed by atoms with Gasteiger partial charge in [0.1, 0.15) is 11.0 Å². The molecule has 1 N–H and O–H groups in total. The summed E-state index contributed by atoms with van der Waals surface area (Å²) in [5, 5.41) is 1.01. The van der Waals surface area contributed by atoms with Crippen LogP contribution in [0.15, 0.2) is 35.4 Å². The van der Waals surface area contributed by atoms with Gasteiger partial charge in [0.25, 0.3) is 5.56 Å². The van der Waals surface area contributed by atoms with Crippen LogP contribution < -0.4 is 5.56 Å². The lowest BCUT2D eigenvalue weighted by Crippen LogP contribution is -2.20. The van der Waals surface area contributed by atoms with E-state index in [1.54, 1.807) is 10.9 Å². The molecule has 0 aliphatic carbocycles. The Morgan fingerprint density at radius 3 is 2.95 bits per heavy atom. The number of aryl methyl sites for hydroxylation is 1. The summed E-state index contributed by atoms with van der Waals surface area (Å²) in [6.45, 7) is 2.90.